The van der Waals surface area contributed by atoms with Gasteiger partial charge in [-0.25, -0.2) is 0 Å². The Bertz CT molecular complexity index is 297. The molecule has 0 saturated heterocycles. The Balaban J connectivity index is 0. The summed E-state index contributed by atoms with van der Waals surface area (Å²) >= 11 is 5.95. The second kappa shape index (κ2) is 9.72. The van der Waals surface area contributed by atoms with Gasteiger partial charge in [-0.2, -0.15) is 0 Å². The zero-order valence-corrected chi connectivity index (χ0v) is 10.5. The molecule has 2 nitrogen and oxygen atoms in total. The van der Waals surface area contributed by atoms with Crippen LogP contribution < -0.4 is 5.32 Å². The molecular formula is C11H18Cl2NNaO. The van der Waals surface area contributed by atoms with Crippen molar-refractivity contribution in [1.29, 1.82) is 0 Å². The average Bonchev–Trinajstić information content (AvgIpc) is 2.15. The number of hydrogen-bond donors (Lipinski definition) is 2. The number of nitrogens with one attached hydrogen (secondary N) is 1. The monoisotopic (exact) mass is 273 g/mol. The van der Waals surface area contributed by atoms with E-state index in [9.17, 15) is 5.11 Å². The predicted molar refractivity (Wildman–Crippen MR) is 73.9 cm³/mol. The van der Waals surface area contributed by atoms with Crippen molar-refractivity contribution in [2.24, 2.45) is 0 Å². The van der Waals surface area contributed by atoms with Crippen LogP contribution >= 0.6 is 24.0 Å². The summed E-state index contributed by atoms with van der Waals surface area (Å²) in [6, 6.07) is 7.73. The summed E-state index contributed by atoms with van der Waals surface area (Å²) in [6.07, 6.45) is -0.536. The first-order valence-electron chi connectivity index (χ1n) is 4.77. The number of rotatable bonds is 4. The Labute approximate surface area is 130 Å². The van der Waals surface area contributed by atoms with Crippen LogP contribution in [0.1, 0.15) is 25.5 Å². The fraction of sp³-hybridized carbons (Fsp3) is 0.455. The van der Waals surface area contributed by atoms with Gasteiger partial charge in [0.15, 0.2) is 0 Å². The van der Waals surface area contributed by atoms with Gasteiger partial charge in [0.05, 0.1) is 6.10 Å². The van der Waals surface area contributed by atoms with E-state index in [2.05, 4.69) is 5.32 Å². The zero-order chi connectivity index (χ0) is 10.6. The maximum absolute atomic E-state index is 9.80. The van der Waals surface area contributed by atoms with Crippen LogP contribution in [0.3, 0.4) is 0 Å². The molecule has 2 N–H and O–H groups in total. The normalized spacial score (nSPS) is 11.6. The number of benzene rings is 1. The SMILES string of the molecule is CC(C)NCC(O)c1ccccc1Cl.Cl.[NaH]. The zero-order valence-electron chi connectivity index (χ0n) is 8.90. The molecule has 0 fully saturated rings. The van der Waals surface area contributed by atoms with E-state index in [1.807, 2.05) is 32.0 Å². The summed E-state index contributed by atoms with van der Waals surface area (Å²) < 4.78 is 0. The fourth-order valence-electron chi connectivity index (χ4n) is 1.20. The molecule has 16 heavy (non-hydrogen) atoms. The van der Waals surface area contributed by atoms with Gasteiger partial charge < -0.3 is 10.4 Å². The van der Waals surface area contributed by atoms with Gasteiger partial charge in [-0.1, -0.05) is 43.6 Å². The van der Waals surface area contributed by atoms with Gasteiger partial charge >= 0.3 is 29.6 Å². The number of aliphatic hydroxyl groups is 1. The first kappa shape index (κ1) is 19.1. The molecule has 0 heterocycles. The molecule has 1 atom stereocenters. The van der Waals surface area contributed by atoms with Gasteiger partial charge in [0, 0.05) is 23.2 Å². The molecule has 0 radical (unpaired) electrons. The Morgan fingerprint density at radius 2 is 1.88 bits per heavy atom. The number of aliphatic hydroxyl groups excluding tert-OH is 1. The van der Waals surface area contributed by atoms with Crippen LogP contribution in [0.5, 0.6) is 0 Å². The summed E-state index contributed by atoms with van der Waals surface area (Å²) in [4.78, 5) is 0. The van der Waals surface area contributed by atoms with Crippen molar-refractivity contribution in [1.82, 2.24) is 5.32 Å². The van der Waals surface area contributed by atoms with Crippen molar-refractivity contribution in [3.63, 3.8) is 0 Å². The standard InChI is InChI=1S/C11H16ClNO.ClH.Na.H/c1-8(2)13-7-11(14)9-5-3-4-6-10(9)12;;;/h3-6,8,11,13-14H,7H2,1-2H3;1H;;. The van der Waals surface area contributed by atoms with E-state index in [0.29, 0.717) is 17.6 Å². The van der Waals surface area contributed by atoms with Gasteiger partial charge in [0.25, 0.3) is 0 Å². The Hall–Kier alpha value is 0.720. The first-order chi connectivity index (χ1) is 6.61. The van der Waals surface area contributed by atoms with Gasteiger partial charge in [0.2, 0.25) is 0 Å². The third-order valence-corrected chi connectivity index (χ3v) is 2.33. The van der Waals surface area contributed by atoms with E-state index < -0.39 is 6.10 Å². The van der Waals surface area contributed by atoms with Crippen LogP contribution in [0, 0.1) is 0 Å². The molecule has 0 aliphatic heterocycles. The summed E-state index contributed by atoms with van der Waals surface area (Å²) in [5.41, 5.74) is 0.780. The van der Waals surface area contributed by atoms with Crippen molar-refractivity contribution in [2.75, 3.05) is 6.54 Å². The number of hydrogen-bond acceptors (Lipinski definition) is 2. The molecule has 88 valence electrons. The molecule has 5 heteroatoms. The summed E-state index contributed by atoms with van der Waals surface area (Å²) in [6.45, 7) is 4.61. The van der Waals surface area contributed by atoms with Crippen LogP contribution in [0.25, 0.3) is 0 Å². The van der Waals surface area contributed by atoms with Crippen molar-refractivity contribution < 1.29 is 5.11 Å². The number of halogens is 2. The van der Waals surface area contributed by atoms with Crippen molar-refractivity contribution in [2.45, 2.75) is 26.0 Å². The molecule has 0 aromatic heterocycles. The van der Waals surface area contributed by atoms with E-state index in [0.717, 1.165) is 5.56 Å². The Kier molecular flexibility index (Phi) is 11.6. The van der Waals surface area contributed by atoms with Gasteiger partial charge in [0.1, 0.15) is 0 Å². The van der Waals surface area contributed by atoms with E-state index >= 15 is 0 Å². The molecule has 0 amide bonds. The van der Waals surface area contributed by atoms with E-state index in [-0.39, 0.29) is 42.0 Å². The first-order valence-corrected chi connectivity index (χ1v) is 5.15. The molecule has 0 aliphatic carbocycles. The van der Waals surface area contributed by atoms with Crippen molar-refractivity contribution in [3.05, 3.63) is 34.9 Å². The molecule has 0 aliphatic rings. The molecule has 0 bridgehead atoms. The molecule has 1 aromatic carbocycles. The summed E-state index contributed by atoms with van der Waals surface area (Å²) in [5, 5.41) is 13.6. The van der Waals surface area contributed by atoms with Gasteiger partial charge in [-0.3, -0.25) is 0 Å². The molecular weight excluding hydrogens is 256 g/mol. The Morgan fingerprint density at radius 3 is 2.38 bits per heavy atom. The van der Waals surface area contributed by atoms with E-state index in [4.69, 9.17) is 11.6 Å². The van der Waals surface area contributed by atoms with E-state index in [1.54, 1.807) is 6.07 Å². The molecule has 1 rings (SSSR count). The van der Waals surface area contributed by atoms with Crippen LogP contribution in [0.15, 0.2) is 24.3 Å². The fourth-order valence-corrected chi connectivity index (χ4v) is 1.46. The second-order valence-electron chi connectivity index (χ2n) is 3.60. The minimum atomic E-state index is -0.536. The Morgan fingerprint density at radius 1 is 1.31 bits per heavy atom. The minimum absolute atomic E-state index is 0. The molecule has 1 aromatic rings. The van der Waals surface area contributed by atoms with Gasteiger partial charge in [-0.05, 0) is 6.07 Å². The molecule has 0 saturated carbocycles. The van der Waals surface area contributed by atoms with Crippen LogP contribution in [0.4, 0.5) is 0 Å². The van der Waals surface area contributed by atoms with E-state index in [1.165, 1.54) is 0 Å². The summed E-state index contributed by atoms with van der Waals surface area (Å²) in [7, 11) is 0. The molecule has 1 unspecified atom stereocenters. The maximum atomic E-state index is 9.80. The van der Waals surface area contributed by atoms with Gasteiger partial charge in [-0.15, -0.1) is 12.4 Å². The second-order valence-corrected chi connectivity index (χ2v) is 4.01. The molecule has 0 spiro atoms. The van der Waals surface area contributed by atoms with Crippen molar-refractivity contribution in [3.8, 4) is 0 Å². The van der Waals surface area contributed by atoms with Crippen LogP contribution in [0.2, 0.25) is 5.02 Å². The third kappa shape index (κ3) is 6.45. The third-order valence-electron chi connectivity index (χ3n) is 1.98. The predicted octanol–water partition coefficient (Wildman–Crippen LogP) is 2.14. The van der Waals surface area contributed by atoms with Crippen molar-refractivity contribution >= 4 is 53.6 Å². The summed E-state index contributed by atoms with van der Waals surface area (Å²) in [5.74, 6) is 0. The average molecular weight is 274 g/mol. The van der Waals surface area contributed by atoms with Crippen LogP contribution in [-0.2, 0) is 0 Å². The van der Waals surface area contributed by atoms with Crippen LogP contribution in [-0.4, -0.2) is 47.3 Å². The topological polar surface area (TPSA) is 32.3 Å². The quantitative estimate of drug-likeness (QED) is 0.824.